The van der Waals surface area contributed by atoms with Crippen molar-refractivity contribution in [3.8, 4) is 0 Å². The fourth-order valence-corrected chi connectivity index (χ4v) is 5.50. The first-order valence-electron chi connectivity index (χ1n) is 11.6. The van der Waals surface area contributed by atoms with Gasteiger partial charge < -0.3 is 18.9 Å². The van der Waals surface area contributed by atoms with Crippen LogP contribution in [0, 0.1) is 0 Å². The Bertz CT molecular complexity index is 995. The molecule has 0 radical (unpaired) electrons. The summed E-state index contributed by atoms with van der Waals surface area (Å²) in [6.07, 6.45) is 8.68. The third-order valence-corrected chi connectivity index (χ3v) is 7.44. The van der Waals surface area contributed by atoms with E-state index in [1.54, 1.807) is 0 Å². The SMILES string of the molecule is CC(C)(C)OC(=O)N1CCC2(CC1)CCN2C[C@@H]1CC[C@H](n2ccc3c(Cl)ncnc32)O1. The van der Waals surface area contributed by atoms with Crippen LogP contribution in [-0.4, -0.2) is 73.9 Å². The number of carbonyl (C=O) groups excluding carboxylic acids is 1. The zero-order valence-corrected chi connectivity index (χ0v) is 19.8. The van der Waals surface area contributed by atoms with Gasteiger partial charge >= 0.3 is 6.09 Å². The lowest BCUT2D eigenvalue weighted by molar-refractivity contribution is -0.0944. The zero-order chi connectivity index (χ0) is 22.5. The molecule has 3 fully saturated rings. The van der Waals surface area contributed by atoms with E-state index in [1.165, 1.54) is 12.7 Å². The first-order valence-corrected chi connectivity index (χ1v) is 12.0. The lowest BCUT2D eigenvalue weighted by atomic mass is 9.76. The summed E-state index contributed by atoms with van der Waals surface area (Å²) in [6, 6.07) is 1.96. The number of carbonyl (C=O) groups is 1. The molecule has 5 rings (SSSR count). The largest absolute Gasteiger partial charge is 0.444 e. The van der Waals surface area contributed by atoms with E-state index in [-0.39, 0.29) is 24.0 Å². The highest BCUT2D eigenvalue weighted by Gasteiger charge is 2.48. The number of fused-ring (bicyclic) bond motifs is 1. The van der Waals surface area contributed by atoms with Crippen LogP contribution in [0.3, 0.4) is 0 Å². The Kier molecular flexibility index (Phi) is 5.58. The van der Waals surface area contributed by atoms with E-state index in [0.29, 0.717) is 5.15 Å². The molecule has 1 amide bonds. The lowest BCUT2D eigenvalue weighted by Crippen LogP contribution is -2.65. The highest BCUT2D eigenvalue weighted by atomic mass is 35.5. The van der Waals surface area contributed by atoms with E-state index in [2.05, 4.69) is 19.4 Å². The number of hydrogen-bond donors (Lipinski definition) is 0. The minimum absolute atomic E-state index is 0.0188. The molecule has 3 aliphatic heterocycles. The van der Waals surface area contributed by atoms with E-state index in [1.807, 2.05) is 37.9 Å². The fraction of sp³-hybridized carbons (Fsp3) is 0.696. The minimum Gasteiger partial charge on any atom is -0.444 e. The van der Waals surface area contributed by atoms with Gasteiger partial charge in [-0.2, -0.15) is 0 Å². The molecule has 9 heteroatoms. The molecule has 0 aliphatic carbocycles. The van der Waals surface area contributed by atoms with E-state index >= 15 is 0 Å². The van der Waals surface area contributed by atoms with Gasteiger partial charge in [0, 0.05) is 37.9 Å². The maximum atomic E-state index is 12.4. The van der Waals surface area contributed by atoms with Crippen LogP contribution in [0.5, 0.6) is 0 Å². The van der Waals surface area contributed by atoms with Gasteiger partial charge in [-0.25, -0.2) is 14.8 Å². The predicted octanol–water partition coefficient (Wildman–Crippen LogP) is 4.24. The van der Waals surface area contributed by atoms with Crippen molar-refractivity contribution in [1.82, 2.24) is 24.3 Å². The summed E-state index contributed by atoms with van der Waals surface area (Å²) in [7, 11) is 0. The monoisotopic (exact) mass is 461 g/mol. The van der Waals surface area contributed by atoms with Crippen LogP contribution in [-0.2, 0) is 9.47 Å². The summed E-state index contributed by atoms with van der Waals surface area (Å²) >= 11 is 6.20. The van der Waals surface area contributed by atoms with Crippen molar-refractivity contribution in [2.75, 3.05) is 26.2 Å². The average molecular weight is 462 g/mol. The van der Waals surface area contributed by atoms with Crippen LogP contribution in [0.2, 0.25) is 5.15 Å². The number of ether oxygens (including phenoxy) is 2. The average Bonchev–Trinajstić information content (AvgIpc) is 3.37. The molecule has 0 unspecified atom stereocenters. The van der Waals surface area contributed by atoms with Gasteiger partial charge in [0.15, 0.2) is 0 Å². The van der Waals surface area contributed by atoms with Crippen LogP contribution in [0.1, 0.15) is 59.1 Å². The molecule has 5 heterocycles. The summed E-state index contributed by atoms with van der Waals surface area (Å²) in [4.78, 5) is 25.3. The molecule has 1 spiro atoms. The Balaban J connectivity index is 1.17. The number of hydrogen-bond acceptors (Lipinski definition) is 6. The Hall–Kier alpha value is -1.90. The van der Waals surface area contributed by atoms with Gasteiger partial charge in [-0.05, 0) is 58.9 Å². The Labute approximate surface area is 193 Å². The van der Waals surface area contributed by atoms with Crippen molar-refractivity contribution < 1.29 is 14.3 Å². The van der Waals surface area contributed by atoms with Gasteiger partial charge in [-0.15, -0.1) is 0 Å². The van der Waals surface area contributed by atoms with Crippen LogP contribution in [0.15, 0.2) is 18.6 Å². The van der Waals surface area contributed by atoms with Crippen molar-refractivity contribution in [3.05, 3.63) is 23.7 Å². The van der Waals surface area contributed by atoms with Crippen molar-refractivity contribution in [1.29, 1.82) is 0 Å². The maximum absolute atomic E-state index is 12.4. The summed E-state index contributed by atoms with van der Waals surface area (Å²) in [5.41, 5.74) is 0.583. The van der Waals surface area contributed by atoms with Crippen molar-refractivity contribution >= 4 is 28.7 Å². The number of piperidine rings is 1. The van der Waals surface area contributed by atoms with Crippen molar-refractivity contribution in [2.45, 2.75) is 76.3 Å². The molecular formula is C23H32ClN5O3. The van der Waals surface area contributed by atoms with Crippen LogP contribution in [0.25, 0.3) is 11.0 Å². The van der Waals surface area contributed by atoms with Gasteiger partial charge in [-0.1, -0.05) is 11.6 Å². The van der Waals surface area contributed by atoms with Gasteiger partial charge in [0.2, 0.25) is 0 Å². The van der Waals surface area contributed by atoms with Crippen LogP contribution in [0.4, 0.5) is 4.79 Å². The normalized spacial score (nSPS) is 25.9. The summed E-state index contributed by atoms with van der Waals surface area (Å²) < 4.78 is 14.1. The third kappa shape index (κ3) is 4.08. The fourth-order valence-electron chi connectivity index (χ4n) is 5.31. The second kappa shape index (κ2) is 8.15. The number of nitrogens with zero attached hydrogens (tertiary/aromatic N) is 5. The second-order valence-corrected chi connectivity index (χ2v) is 10.7. The van der Waals surface area contributed by atoms with Crippen molar-refractivity contribution in [2.24, 2.45) is 0 Å². The molecule has 3 aliphatic rings. The predicted molar refractivity (Wildman–Crippen MR) is 122 cm³/mol. The molecule has 2 aromatic heterocycles. The number of likely N-dealkylation sites (tertiary alicyclic amines) is 2. The summed E-state index contributed by atoms with van der Waals surface area (Å²) in [5.74, 6) is 0. The number of rotatable bonds is 3. The first kappa shape index (κ1) is 21.9. The van der Waals surface area contributed by atoms with Crippen LogP contribution >= 0.6 is 11.6 Å². The van der Waals surface area contributed by atoms with Gasteiger partial charge in [0.25, 0.3) is 0 Å². The Morgan fingerprint density at radius 2 is 1.97 bits per heavy atom. The van der Waals surface area contributed by atoms with Gasteiger partial charge in [0.05, 0.1) is 11.5 Å². The number of amides is 1. The molecule has 0 saturated carbocycles. The molecule has 0 bridgehead atoms. The standard InChI is InChI=1S/C23H32ClN5O3/c1-22(2,3)32-21(30)27-11-7-23(8-12-27)9-13-28(23)14-16-4-5-18(31-16)29-10-6-17-19(24)25-15-26-20(17)29/h6,10,15-16,18H,4-5,7-9,11-14H2,1-3H3/t16-,18+/m0/s1. The van der Waals surface area contributed by atoms with Gasteiger partial charge in [-0.3, -0.25) is 4.90 Å². The van der Waals surface area contributed by atoms with E-state index in [4.69, 9.17) is 21.1 Å². The zero-order valence-electron chi connectivity index (χ0n) is 19.1. The van der Waals surface area contributed by atoms with Gasteiger partial charge in [0.1, 0.15) is 29.0 Å². The second-order valence-electron chi connectivity index (χ2n) is 10.3. The van der Waals surface area contributed by atoms with Crippen LogP contribution < -0.4 is 0 Å². The summed E-state index contributed by atoms with van der Waals surface area (Å²) in [5, 5.41) is 1.34. The molecular weight excluding hydrogens is 430 g/mol. The van der Waals surface area contributed by atoms with E-state index in [0.717, 1.165) is 62.9 Å². The molecule has 0 N–H and O–H groups in total. The number of aromatic nitrogens is 3. The highest BCUT2D eigenvalue weighted by Crippen LogP contribution is 2.42. The van der Waals surface area contributed by atoms with E-state index in [9.17, 15) is 4.79 Å². The minimum atomic E-state index is -0.451. The maximum Gasteiger partial charge on any atom is 0.410 e. The Morgan fingerprint density at radius 1 is 1.22 bits per heavy atom. The summed E-state index contributed by atoms with van der Waals surface area (Å²) in [6.45, 7) is 9.31. The Morgan fingerprint density at radius 3 is 2.66 bits per heavy atom. The molecule has 2 atom stereocenters. The lowest BCUT2D eigenvalue weighted by Gasteiger charge is -2.57. The number of halogens is 1. The molecule has 8 nitrogen and oxygen atoms in total. The van der Waals surface area contributed by atoms with E-state index < -0.39 is 5.60 Å². The highest BCUT2D eigenvalue weighted by molar-refractivity contribution is 6.33. The molecule has 174 valence electrons. The molecule has 0 aromatic carbocycles. The smallest absolute Gasteiger partial charge is 0.410 e. The molecule has 32 heavy (non-hydrogen) atoms. The molecule has 3 saturated heterocycles. The van der Waals surface area contributed by atoms with Crippen molar-refractivity contribution in [3.63, 3.8) is 0 Å². The topological polar surface area (TPSA) is 72.7 Å². The first-order chi connectivity index (χ1) is 15.2. The quantitative estimate of drug-likeness (QED) is 0.636. The molecule has 2 aromatic rings. The third-order valence-electron chi connectivity index (χ3n) is 7.14.